The molecule has 7 heteroatoms. The van der Waals surface area contributed by atoms with Gasteiger partial charge in [0.25, 0.3) is 0 Å². The van der Waals surface area contributed by atoms with Crippen LogP contribution < -0.4 is 5.73 Å². The molecule has 0 atom stereocenters. The molecular formula is C23H38ClN5S. The summed E-state index contributed by atoms with van der Waals surface area (Å²) in [5.74, 6) is 1.96. The van der Waals surface area contributed by atoms with E-state index in [1.807, 2.05) is 43.6 Å². The number of pyridine rings is 1. The van der Waals surface area contributed by atoms with Crippen molar-refractivity contribution in [2.45, 2.75) is 67.7 Å². The minimum Gasteiger partial charge on any atom is -0.383 e. The Kier molecular flexibility index (Phi) is 15.8. The van der Waals surface area contributed by atoms with Crippen molar-refractivity contribution in [1.29, 1.82) is 0 Å². The van der Waals surface area contributed by atoms with E-state index < -0.39 is 0 Å². The number of aryl methyl sites for hydroxylation is 1. The molecule has 0 bridgehead atoms. The van der Waals surface area contributed by atoms with Gasteiger partial charge >= 0.3 is 0 Å². The van der Waals surface area contributed by atoms with Crippen molar-refractivity contribution in [2.24, 2.45) is 11.8 Å². The minimum atomic E-state index is 0.552. The number of nitrogens with two attached hydrogens (primary N) is 1. The quantitative estimate of drug-likeness (QED) is 0.444. The lowest BCUT2D eigenvalue weighted by Gasteiger charge is -2.05. The van der Waals surface area contributed by atoms with Crippen LogP contribution in [0.5, 0.6) is 0 Å². The Morgan fingerprint density at radius 1 is 1.07 bits per heavy atom. The lowest BCUT2D eigenvalue weighted by Crippen LogP contribution is -2.00. The Bertz CT molecular complexity index is 770. The van der Waals surface area contributed by atoms with Crippen LogP contribution in [0.1, 0.15) is 64.7 Å². The highest BCUT2D eigenvalue weighted by molar-refractivity contribution is 7.09. The maximum absolute atomic E-state index is 5.66. The van der Waals surface area contributed by atoms with Crippen molar-refractivity contribution in [3.05, 3.63) is 57.4 Å². The van der Waals surface area contributed by atoms with Gasteiger partial charge < -0.3 is 5.73 Å². The molecule has 3 aromatic heterocycles. The predicted octanol–water partition coefficient (Wildman–Crippen LogP) is 6.86. The molecule has 0 saturated carbocycles. The highest BCUT2D eigenvalue weighted by Gasteiger charge is 2.01. The number of thiazole rings is 1. The SMILES string of the molecule is CC.CC(C)Cc1cc(Cl)n[nH]1.CC(C)Cc1cccnc1N.CCc1nccs1. The van der Waals surface area contributed by atoms with Gasteiger partial charge in [-0.05, 0) is 48.8 Å². The van der Waals surface area contributed by atoms with Gasteiger partial charge in [0.1, 0.15) is 5.82 Å². The summed E-state index contributed by atoms with van der Waals surface area (Å²) in [4.78, 5) is 8.06. The average molecular weight is 452 g/mol. The third kappa shape index (κ3) is 13.3. The second-order valence-electron chi connectivity index (χ2n) is 7.24. The fourth-order valence-electron chi connectivity index (χ4n) is 2.37. The molecule has 0 aromatic carbocycles. The van der Waals surface area contributed by atoms with E-state index in [4.69, 9.17) is 17.3 Å². The van der Waals surface area contributed by atoms with Crippen molar-refractivity contribution in [1.82, 2.24) is 20.2 Å². The summed E-state index contributed by atoms with van der Waals surface area (Å²) in [6.45, 7) is 14.8. The van der Waals surface area contributed by atoms with Crippen molar-refractivity contribution < 1.29 is 0 Å². The van der Waals surface area contributed by atoms with Gasteiger partial charge in [-0.15, -0.1) is 11.3 Å². The largest absolute Gasteiger partial charge is 0.383 e. The smallest absolute Gasteiger partial charge is 0.151 e. The maximum atomic E-state index is 5.66. The fraction of sp³-hybridized carbons (Fsp3) is 0.522. The number of halogens is 1. The van der Waals surface area contributed by atoms with E-state index in [0.717, 1.165) is 30.5 Å². The number of nitrogens with one attached hydrogen (secondary N) is 1. The first-order valence-corrected chi connectivity index (χ1v) is 11.8. The van der Waals surface area contributed by atoms with E-state index in [2.05, 4.69) is 54.8 Å². The van der Waals surface area contributed by atoms with E-state index in [-0.39, 0.29) is 0 Å². The molecule has 0 amide bonds. The molecular weight excluding hydrogens is 414 g/mol. The molecule has 168 valence electrons. The van der Waals surface area contributed by atoms with Gasteiger partial charge in [-0.25, -0.2) is 9.97 Å². The zero-order valence-electron chi connectivity index (χ0n) is 19.4. The minimum absolute atomic E-state index is 0.552. The van der Waals surface area contributed by atoms with E-state index in [0.29, 0.717) is 22.8 Å². The third-order valence-electron chi connectivity index (χ3n) is 3.57. The molecule has 0 spiro atoms. The van der Waals surface area contributed by atoms with Crippen LogP contribution in [0.2, 0.25) is 5.15 Å². The lowest BCUT2D eigenvalue weighted by molar-refractivity contribution is 0.633. The molecule has 5 nitrogen and oxygen atoms in total. The molecule has 0 unspecified atom stereocenters. The van der Waals surface area contributed by atoms with E-state index >= 15 is 0 Å². The highest BCUT2D eigenvalue weighted by Crippen LogP contribution is 2.12. The van der Waals surface area contributed by atoms with Crippen LogP contribution >= 0.6 is 22.9 Å². The van der Waals surface area contributed by atoms with Gasteiger partial charge in [0, 0.05) is 23.5 Å². The summed E-state index contributed by atoms with van der Waals surface area (Å²) >= 11 is 7.31. The summed E-state index contributed by atoms with van der Waals surface area (Å²) in [7, 11) is 0. The summed E-state index contributed by atoms with van der Waals surface area (Å²) in [5, 5.41) is 10.4. The monoisotopic (exact) mass is 451 g/mol. The molecule has 0 saturated heterocycles. The normalized spacial score (nSPS) is 9.80. The van der Waals surface area contributed by atoms with Crippen LogP contribution in [0.4, 0.5) is 5.82 Å². The molecule has 30 heavy (non-hydrogen) atoms. The second-order valence-corrected chi connectivity index (χ2v) is 8.61. The standard InChI is InChI=1S/C9H14N2.C7H11ClN2.C5H7NS.C2H6/c1-7(2)6-8-4-3-5-11-9(8)10;1-5(2)3-6-4-7(8)10-9-6;1-2-5-6-3-4-7-5;1-2/h3-5,7H,6H2,1-2H3,(H2,10,11);4-5H,3H2,1-2H3,(H,9,10);3-4H,2H2,1H3;1-2H3. The Labute approximate surface area is 191 Å². The zero-order valence-corrected chi connectivity index (χ0v) is 21.0. The number of aromatic nitrogens is 4. The Balaban J connectivity index is 0.000000412. The van der Waals surface area contributed by atoms with Gasteiger partial charge in [-0.3, -0.25) is 5.10 Å². The fourth-order valence-corrected chi connectivity index (χ4v) is 3.11. The Morgan fingerprint density at radius 2 is 1.73 bits per heavy atom. The van der Waals surface area contributed by atoms with Crippen LogP contribution in [0.3, 0.4) is 0 Å². The predicted molar refractivity (Wildman–Crippen MR) is 132 cm³/mol. The number of H-pyrrole nitrogens is 1. The van der Waals surface area contributed by atoms with Crippen molar-refractivity contribution in [3.8, 4) is 0 Å². The zero-order chi connectivity index (χ0) is 22.9. The molecule has 3 rings (SSSR count). The van der Waals surface area contributed by atoms with Crippen LogP contribution in [0, 0.1) is 11.8 Å². The number of rotatable bonds is 5. The summed E-state index contributed by atoms with van der Waals surface area (Å²) in [6, 6.07) is 5.82. The Morgan fingerprint density at radius 3 is 2.13 bits per heavy atom. The number of hydrogen-bond donors (Lipinski definition) is 2. The Hall–Kier alpha value is -1.92. The van der Waals surface area contributed by atoms with Gasteiger partial charge in [0.2, 0.25) is 0 Å². The van der Waals surface area contributed by atoms with Crippen molar-refractivity contribution >= 4 is 28.8 Å². The lowest BCUT2D eigenvalue weighted by atomic mass is 10.0. The van der Waals surface area contributed by atoms with Crippen LogP contribution in [-0.4, -0.2) is 20.2 Å². The molecule has 0 aliphatic rings. The molecule has 0 aliphatic carbocycles. The topological polar surface area (TPSA) is 80.5 Å². The number of anilines is 1. The van der Waals surface area contributed by atoms with E-state index in [1.54, 1.807) is 17.5 Å². The van der Waals surface area contributed by atoms with Crippen LogP contribution in [0.25, 0.3) is 0 Å². The first-order valence-electron chi connectivity index (χ1n) is 10.6. The van der Waals surface area contributed by atoms with Crippen LogP contribution in [0.15, 0.2) is 36.0 Å². The average Bonchev–Trinajstić information content (AvgIpc) is 3.37. The maximum Gasteiger partial charge on any atom is 0.151 e. The number of nitrogens with zero attached hydrogens (tertiary/aromatic N) is 3. The molecule has 3 N–H and O–H groups in total. The van der Waals surface area contributed by atoms with Gasteiger partial charge in [0.05, 0.1) is 5.01 Å². The molecule has 0 radical (unpaired) electrons. The van der Waals surface area contributed by atoms with Gasteiger partial charge in [-0.1, -0.05) is 66.1 Å². The molecule has 3 heterocycles. The van der Waals surface area contributed by atoms with Gasteiger partial charge in [0.15, 0.2) is 5.15 Å². The summed E-state index contributed by atoms with van der Waals surface area (Å²) in [6.07, 6.45) is 6.65. The number of hydrogen-bond acceptors (Lipinski definition) is 5. The van der Waals surface area contributed by atoms with E-state index in [9.17, 15) is 0 Å². The summed E-state index contributed by atoms with van der Waals surface area (Å²) in [5.41, 5.74) is 7.92. The molecule has 0 aliphatic heterocycles. The molecule has 0 fully saturated rings. The van der Waals surface area contributed by atoms with Crippen molar-refractivity contribution in [2.75, 3.05) is 5.73 Å². The third-order valence-corrected chi connectivity index (χ3v) is 4.69. The second kappa shape index (κ2) is 16.8. The first kappa shape index (κ1) is 28.1. The molecule has 3 aromatic rings. The first-order chi connectivity index (χ1) is 14.3. The summed E-state index contributed by atoms with van der Waals surface area (Å²) < 4.78 is 0. The highest BCUT2D eigenvalue weighted by atomic mass is 35.5. The van der Waals surface area contributed by atoms with E-state index in [1.165, 1.54) is 5.01 Å². The van der Waals surface area contributed by atoms with Crippen molar-refractivity contribution in [3.63, 3.8) is 0 Å². The van der Waals surface area contributed by atoms with Gasteiger partial charge in [-0.2, -0.15) is 5.10 Å². The number of nitrogen functional groups attached to an aromatic ring is 1. The van der Waals surface area contributed by atoms with Crippen LogP contribution in [-0.2, 0) is 19.3 Å². The number of aromatic amines is 1.